The van der Waals surface area contributed by atoms with Crippen molar-refractivity contribution in [1.29, 1.82) is 0 Å². The van der Waals surface area contributed by atoms with Crippen molar-refractivity contribution < 1.29 is 14.6 Å². The van der Waals surface area contributed by atoms with Crippen molar-refractivity contribution in [3.8, 4) is 17.6 Å². The van der Waals surface area contributed by atoms with E-state index in [9.17, 15) is 4.79 Å². The fraction of sp³-hybridized carbons (Fsp3) is 0.133. The molecule has 1 amide bonds. The Labute approximate surface area is 121 Å². The molecule has 0 spiro atoms. The molecule has 102 valence electrons. The van der Waals surface area contributed by atoms with Gasteiger partial charge in [0.2, 0.25) is 0 Å². The first-order valence-corrected chi connectivity index (χ1v) is 6.84. The minimum absolute atomic E-state index is 0.160. The average Bonchev–Trinajstić information content (AvgIpc) is 2.92. The van der Waals surface area contributed by atoms with Crippen LogP contribution in [0.15, 0.2) is 41.8 Å². The fourth-order valence-corrected chi connectivity index (χ4v) is 2.23. The maximum atomic E-state index is 11.6. The van der Waals surface area contributed by atoms with Gasteiger partial charge >= 0.3 is 6.09 Å². The van der Waals surface area contributed by atoms with E-state index in [4.69, 9.17) is 9.84 Å². The van der Waals surface area contributed by atoms with Crippen molar-refractivity contribution in [2.75, 3.05) is 6.61 Å². The normalized spacial score (nSPS) is 9.45. The third-order valence-corrected chi connectivity index (χ3v) is 3.26. The van der Waals surface area contributed by atoms with Crippen molar-refractivity contribution in [3.63, 3.8) is 0 Å². The topological polar surface area (TPSA) is 58.6 Å². The number of amides is 1. The minimum atomic E-state index is -0.493. The summed E-state index contributed by atoms with van der Waals surface area (Å²) in [5.74, 6) is 5.89. The molecule has 20 heavy (non-hydrogen) atoms. The lowest BCUT2D eigenvalue weighted by Gasteiger charge is -2.04. The Bertz CT molecular complexity index is 625. The number of aliphatic hydroxyl groups is 1. The molecule has 4 nitrogen and oxygen atoms in total. The first-order chi connectivity index (χ1) is 9.78. The summed E-state index contributed by atoms with van der Waals surface area (Å²) >= 11 is 1.49. The monoisotopic (exact) mass is 287 g/mol. The number of thiophene rings is 1. The largest absolute Gasteiger partial charge is 0.412 e. The highest BCUT2D eigenvalue weighted by Crippen LogP contribution is 2.14. The van der Waals surface area contributed by atoms with Crippen LogP contribution in [0.3, 0.4) is 0 Å². The molecule has 0 radical (unpaired) electrons. The molecular formula is C15H13NO3S. The van der Waals surface area contributed by atoms with Crippen LogP contribution in [0.2, 0.25) is 0 Å². The van der Waals surface area contributed by atoms with Crippen LogP contribution >= 0.6 is 11.3 Å². The van der Waals surface area contributed by atoms with Gasteiger partial charge < -0.3 is 15.2 Å². The number of hydrogen-bond donors (Lipinski definition) is 2. The van der Waals surface area contributed by atoms with Crippen LogP contribution in [-0.2, 0) is 6.54 Å². The standard InChI is InChI=1S/C15H13NO3S/c17-8-4-5-12-9-14(20-11-12)10-16-15(18)19-13-6-2-1-3-7-13/h1-3,6-7,9,11,17H,8,10H2,(H,16,18). The molecule has 2 aromatic rings. The van der Waals surface area contributed by atoms with Gasteiger partial charge in [-0.15, -0.1) is 11.3 Å². The van der Waals surface area contributed by atoms with Crippen LogP contribution in [0.4, 0.5) is 4.79 Å². The van der Waals surface area contributed by atoms with Crippen LogP contribution < -0.4 is 10.1 Å². The molecule has 5 heteroatoms. The summed E-state index contributed by atoms with van der Waals surface area (Å²) in [7, 11) is 0. The number of nitrogens with one attached hydrogen (secondary N) is 1. The molecule has 0 fully saturated rings. The minimum Gasteiger partial charge on any atom is -0.410 e. The van der Waals surface area contributed by atoms with E-state index < -0.39 is 6.09 Å². The number of hydrogen-bond acceptors (Lipinski definition) is 4. The zero-order valence-corrected chi connectivity index (χ0v) is 11.4. The second-order valence-electron chi connectivity index (χ2n) is 3.82. The van der Waals surface area contributed by atoms with Gasteiger partial charge in [0.05, 0.1) is 6.54 Å². The molecule has 0 bridgehead atoms. The highest BCUT2D eigenvalue weighted by atomic mass is 32.1. The molecule has 1 heterocycles. The first kappa shape index (κ1) is 14.1. The molecule has 0 unspecified atom stereocenters. The second kappa shape index (κ2) is 7.34. The maximum absolute atomic E-state index is 11.6. The zero-order chi connectivity index (χ0) is 14.2. The lowest BCUT2D eigenvalue weighted by molar-refractivity contribution is 0.200. The quantitative estimate of drug-likeness (QED) is 0.852. The Morgan fingerprint density at radius 2 is 2.15 bits per heavy atom. The molecule has 0 saturated carbocycles. The van der Waals surface area contributed by atoms with Crippen LogP contribution in [0.1, 0.15) is 10.4 Å². The molecule has 1 aromatic heterocycles. The smallest absolute Gasteiger partial charge is 0.410 e. The van der Waals surface area contributed by atoms with Crippen LogP contribution in [-0.4, -0.2) is 17.8 Å². The molecule has 1 aromatic carbocycles. The van der Waals surface area contributed by atoms with E-state index in [1.807, 2.05) is 17.5 Å². The predicted molar refractivity (Wildman–Crippen MR) is 77.6 cm³/mol. The first-order valence-electron chi connectivity index (χ1n) is 5.96. The van der Waals surface area contributed by atoms with Crippen molar-refractivity contribution in [1.82, 2.24) is 5.32 Å². The molecular weight excluding hydrogens is 274 g/mol. The number of carbonyl (C=O) groups is 1. The number of rotatable bonds is 3. The summed E-state index contributed by atoms with van der Waals surface area (Å²) in [6, 6.07) is 10.8. The molecule has 0 aliphatic heterocycles. The second-order valence-corrected chi connectivity index (χ2v) is 4.81. The average molecular weight is 287 g/mol. The molecule has 0 saturated heterocycles. The van der Waals surface area contributed by atoms with Crippen LogP contribution in [0.25, 0.3) is 0 Å². The number of benzene rings is 1. The van der Waals surface area contributed by atoms with E-state index >= 15 is 0 Å². The SMILES string of the molecule is O=C(NCc1cc(C#CCO)cs1)Oc1ccccc1. The van der Waals surface area contributed by atoms with Gasteiger partial charge in [-0.25, -0.2) is 4.79 Å². The van der Waals surface area contributed by atoms with Gasteiger partial charge in [-0.05, 0) is 18.2 Å². The Morgan fingerprint density at radius 1 is 1.35 bits per heavy atom. The van der Waals surface area contributed by atoms with Gasteiger partial charge in [0, 0.05) is 15.8 Å². The van der Waals surface area contributed by atoms with Crippen LogP contribution in [0.5, 0.6) is 5.75 Å². The van der Waals surface area contributed by atoms with Gasteiger partial charge in [0.15, 0.2) is 0 Å². The van der Waals surface area contributed by atoms with Crippen LogP contribution in [0, 0.1) is 11.8 Å². The maximum Gasteiger partial charge on any atom is 0.412 e. The Hall–Kier alpha value is -2.29. The summed E-state index contributed by atoms with van der Waals surface area (Å²) in [5, 5.41) is 13.2. The Kier molecular flexibility index (Phi) is 5.18. The lowest BCUT2D eigenvalue weighted by Crippen LogP contribution is -2.25. The van der Waals surface area contributed by atoms with Gasteiger partial charge in [0.25, 0.3) is 0 Å². The zero-order valence-electron chi connectivity index (χ0n) is 10.6. The molecule has 0 aliphatic rings. The molecule has 0 aliphatic carbocycles. The number of aliphatic hydroxyl groups excluding tert-OH is 1. The Morgan fingerprint density at radius 3 is 2.90 bits per heavy atom. The van der Waals surface area contributed by atoms with Crippen molar-refractivity contribution in [2.24, 2.45) is 0 Å². The highest BCUT2D eigenvalue weighted by Gasteiger charge is 2.04. The van der Waals surface area contributed by atoms with Gasteiger partial charge in [-0.2, -0.15) is 0 Å². The summed E-state index contributed by atoms with van der Waals surface area (Å²) < 4.78 is 5.10. The molecule has 0 atom stereocenters. The van der Waals surface area contributed by atoms with E-state index in [1.165, 1.54) is 11.3 Å². The van der Waals surface area contributed by atoms with Crippen molar-refractivity contribution in [2.45, 2.75) is 6.54 Å². The summed E-state index contributed by atoms with van der Waals surface area (Å²) in [4.78, 5) is 12.5. The predicted octanol–water partition coefficient (Wildman–Crippen LogP) is 2.38. The summed E-state index contributed by atoms with van der Waals surface area (Å²) in [6.07, 6.45) is -0.493. The lowest BCUT2D eigenvalue weighted by atomic mass is 10.3. The van der Waals surface area contributed by atoms with E-state index in [0.717, 1.165) is 10.4 Å². The fourth-order valence-electron chi connectivity index (χ4n) is 1.47. The van der Waals surface area contributed by atoms with Gasteiger partial charge in [0.1, 0.15) is 12.4 Å². The number of carbonyl (C=O) groups excluding carboxylic acids is 1. The van der Waals surface area contributed by atoms with E-state index in [-0.39, 0.29) is 6.61 Å². The van der Waals surface area contributed by atoms with E-state index in [1.54, 1.807) is 24.3 Å². The Balaban J connectivity index is 1.83. The van der Waals surface area contributed by atoms with Gasteiger partial charge in [-0.3, -0.25) is 0 Å². The molecule has 2 N–H and O–H groups in total. The van der Waals surface area contributed by atoms with E-state index in [0.29, 0.717) is 12.3 Å². The summed E-state index contributed by atoms with van der Waals surface area (Å²) in [5.41, 5.74) is 0.831. The summed E-state index contributed by atoms with van der Waals surface area (Å²) in [6.45, 7) is 0.226. The molecule has 2 rings (SSSR count). The third-order valence-electron chi connectivity index (χ3n) is 2.33. The van der Waals surface area contributed by atoms with Crippen molar-refractivity contribution >= 4 is 17.4 Å². The van der Waals surface area contributed by atoms with E-state index in [2.05, 4.69) is 17.2 Å². The third kappa shape index (κ3) is 4.43. The van der Waals surface area contributed by atoms with Crippen molar-refractivity contribution in [3.05, 3.63) is 52.2 Å². The number of ether oxygens (including phenoxy) is 1. The highest BCUT2D eigenvalue weighted by molar-refractivity contribution is 7.10. The number of para-hydroxylation sites is 1. The van der Waals surface area contributed by atoms with Gasteiger partial charge in [-0.1, -0.05) is 30.0 Å².